The van der Waals surface area contributed by atoms with E-state index in [1.165, 1.54) is 7.11 Å². The smallest absolute Gasteiger partial charge is 0.341 e. The molecular weight excluding hydrogens is 194 g/mol. The number of aromatic nitrogens is 2. The van der Waals surface area contributed by atoms with E-state index in [-0.39, 0.29) is 5.97 Å². The number of hydrogen-bond acceptors (Lipinski definition) is 4. The fourth-order valence-electron chi connectivity index (χ4n) is 1.99. The van der Waals surface area contributed by atoms with Crippen LogP contribution in [-0.2, 0) is 4.74 Å². The normalized spacial score (nSPS) is 17.7. The number of ether oxygens (including phenoxy) is 1. The van der Waals surface area contributed by atoms with Gasteiger partial charge in [0.15, 0.2) is 0 Å². The first-order valence-corrected chi connectivity index (χ1v) is 5.15. The number of aromatic amines is 1. The molecule has 0 spiro atoms. The number of esters is 1. The maximum absolute atomic E-state index is 11.4. The van der Waals surface area contributed by atoms with Crippen molar-refractivity contribution in [3.8, 4) is 0 Å². The highest BCUT2D eigenvalue weighted by Crippen LogP contribution is 2.26. The summed E-state index contributed by atoms with van der Waals surface area (Å²) >= 11 is 0. The third-order valence-corrected chi connectivity index (χ3v) is 2.82. The van der Waals surface area contributed by atoms with E-state index in [4.69, 9.17) is 4.74 Å². The zero-order chi connectivity index (χ0) is 10.7. The molecule has 0 atom stereocenters. The first kappa shape index (κ1) is 10.2. The summed E-state index contributed by atoms with van der Waals surface area (Å²) in [6, 6.07) is 0. The second-order valence-electron chi connectivity index (χ2n) is 3.71. The minimum Gasteiger partial charge on any atom is -0.465 e. The third kappa shape index (κ3) is 2.02. The molecule has 5 heteroatoms. The summed E-state index contributed by atoms with van der Waals surface area (Å²) in [4.78, 5) is 11.4. The van der Waals surface area contributed by atoms with Crippen LogP contribution in [0.2, 0.25) is 0 Å². The van der Waals surface area contributed by atoms with Crippen molar-refractivity contribution in [3.63, 3.8) is 0 Å². The molecule has 0 radical (unpaired) electrons. The summed E-state index contributed by atoms with van der Waals surface area (Å²) in [5.41, 5.74) is 1.49. The number of H-pyrrole nitrogens is 1. The minimum atomic E-state index is -0.308. The van der Waals surface area contributed by atoms with Crippen LogP contribution in [0.3, 0.4) is 0 Å². The fourth-order valence-corrected chi connectivity index (χ4v) is 1.99. The maximum Gasteiger partial charge on any atom is 0.341 e. The van der Waals surface area contributed by atoms with E-state index >= 15 is 0 Å². The Kier molecular flexibility index (Phi) is 3.01. The Labute approximate surface area is 88.2 Å². The average Bonchev–Trinajstić information content (AvgIpc) is 2.78. The van der Waals surface area contributed by atoms with Crippen LogP contribution in [0.4, 0.5) is 0 Å². The number of nitrogens with one attached hydrogen (secondary N) is 2. The van der Waals surface area contributed by atoms with Crippen LogP contribution in [0.25, 0.3) is 0 Å². The second-order valence-corrected chi connectivity index (χ2v) is 3.71. The van der Waals surface area contributed by atoms with Gasteiger partial charge >= 0.3 is 5.97 Å². The lowest BCUT2D eigenvalue weighted by molar-refractivity contribution is 0.0598. The standard InChI is InChI=1S/C10H15N3O2/c1-15-10(14)8-6-12-13-9(8)7-2-4-11-5-3-7/h6-7,11H,2-5H2,1H3,(H,12,13). The van der Waals surface area contributed by atoms with Gasteiger partial charge in [-0.15, -0.1) is 0 Å². The van der Waals surface area contributed by atoms with Gasteiger partial charge in [-0.3, -0.25) is 5.10 Å². The lowest BCUT2D eigenvalue weighted by Crippen LogP contribution is -2.27. The third-order valence-electron chi connectivity index (χ3n) is 2.82. The fraction of sp³-hybridized carbons (Fsp3) is 0.600. The molecule has 15 heavy (non-hydrogen) atoms. The van der Waals surface area contributed by atoms with Crippen LogP contribution in [0, 0.1) is 0 Å². The van der Waals surface area contributed by atoms with E-state index in [2.05, 4.69) is 15.5 Å². The van der Waals surface area contributed by atoms with Gasteiger partial charge in [-0.25, -0.2) is 4.79 Å². The Bertz CT molecular complexity index is 342. The number of carbonyl (C=O) groups is 1. The zero-order valence-corrected chi connectivity index (χ0v) is 8.75. The van der Waals surface area contributed by atoms with Gasteiger partial charge in [0.05, 0.1) is 19.0 Å². The molecule has 0 amide bonds. The molecule has 2 N–H and O–H groups in total. The molecule has 2 heterocycles. The van der Waals surface area contributed by atoms with Gasteiger partial charge in [0.1, 0.15) is 5.56 Å². The predicted molar refractivity (Wildman–Crippen MR) is 54.8 cm³/mol. The predicted octanol–water partition coefficient (Wildman–Crippen LogP) is 0.663. The van der Waals surface area contributed by atoms with Crippen LogP contribution in [0.1, 0.15) is 34.8 Å². The maximum atomic E-state index is 11.4. The van der Waals surface area contributed by atoms with Crippen molar-refractivity contribution in [1.29, 1.82) is 0 Å². The minimum absolute atomic E-state index is 0.308. The summed E-state index contributed by atoms with van der Waals surface area (Å²) in [7, 11) is 1.39. The van der Waals surface area contributed by atoms with Crippen LogP contribution in [0.15, 0.2) is 6.20 Å². The number of hydrogen-bond donors (Lipinski definition) is 2. The largest absolute Gasteiger partial charge is 0.465 e. The average molecular weight is 209 g/mol. The van der Waals surface area contributed by atoms with E-state index < -0.39 is 0 Å². The molecule has 82 valence electrons. The van der Waals surface area contributed by atoms with Gasteiger partial charge < -0.3 is 10.1 Å². The molecule has 1 aromatic rings. The Morgan fingerprint density at radius 2 is 2.27 bits per heavy atom. The van der Waals surface area contributed by atoms with Gasteiger partial charge in [0, 0.05) is 5.92 Å². The first-order chi connectivity index (χ1) is 7.33. The Balaban J connectivity index is 2.19. The van der Waals surface area contributed by atoms with Gasteiger partial charge in [-0.2, -0.15) is 5.10 Å². The van der Waals surface area contributed by atoms with Crippen molar-refractivity contribution in [2.75, 3.05) is 20.2 Å². The molecule has 0 aromatic carbocycles. The summed E-state index contributed by atoms with van der Waals surface area (Å²) in [5, 5.41) is 10.1. The molecule has 0 aliphatic carbocycles. The Hall–Kier alpha value is -1.36. The molecule has 0 bridgehead atoms. The topological polar surface area (TPSA) is 67.0 Å². The number of carbonyl (C=O) groups excluding carboxylic acids is 1. The van der Waals surface area contributed by atoms with Crippen molar-refractivity contribution in [2.24, 2.45) is 0 Å². The van der Waals surface area contributed by atoms with Crippen LogP contribution >= 0.6 is 0 Å². The lowest BCUT2D eigenvalue weighted by Gasteiger charge is -2.21. The Morgan fingerprint density at radius 1 is 1.53 bits per heavy atom. The molecular formula is C10H15N3O2. The molecule has 0 saturated carbocycles. The zero-order valence-electron chi connectivity index (χ0n) is 8.75. The monoisotopic (exact) mass is 209 g/mol. The van der Waals surface area contributed by atoms with E-state index in [1.54, 1.807) is 6.20 Å². The van der Waals surface area contributed by atoms with E-state index in [0.29, 0.717) is 11.5 Å². The molecule has 1 aliphatic heterocycles. The highest BCUT2D eigenvalue weighted by Gasteiger charge is 2.23. The van der Waals surface area contributed by atoms with Crippen molar-refractivity contribution >= 4 is 5.97 Å². The summed E-state index contributed by atoms with van der Waals surface area (Å²) < 4.78 is 4.71. The van der Waals surface area contributed by atoms with Gasteiger partial charge in [-0.05, 0) is 25.9 Å². The van der Waals surface area contributed by atoms with Crippen molar-refractivity contribution in [1.82, 2.24) is 15.5 Å². The lowest BCUT2D eigenvalue weighted by atomic mass is 9.92. The quantitative estimate of drug-likeness (QED) is 0.702. The highest BCUT2D eigenvalue weighted by atomic mass is 16.5. The van der Waals surface area contributed by atoms with E-state index in [1.807, 2.05) is 0 Å². The number of piperidine rings is 1. The summed E-state index contributed by atoms with van der Waals surface area (Å²) in [6.45, 7) is 1.98. The van der Waals surface area contributed by atoms with Crippen LogP contribution in [-0.4, -0.2) is 36.4 Å². The van der Waals surface area contributed by atoms with E-state index in [0.717, 1.165) is 31.6 Å². The molecule has 1 aliphatic rings. The molecule has 1 aromatic heterocycles. The van der Waals surface area contributed by atoms with Crippen molar-refractivity contribution in [3.05, 3.63) is 17.5 Å². The first-order valence-electron chi connectivity index (χ1n) is 5.15. The molecule has 1 saturated heterocycles. The van der Waals surface area contributed by atoms with Gasteiger partial charge in [0.2, 0.25) is 0 Å². The van der Waals surface area contributed by atoms with Crippen LogP contribution in [0.5, 0.6) is 0 Å². The second kappa shape index (κ2) is 4.44. The highest BCUT2D eigenvalue weighted by molar-refractivity contribution is 5.90. The van der Waals surface area contributed by atoms with Gasteiger partial charge in [0.25, 0.3) is 0 Å². The summed E-state index contributed by atoms with van der Waals surface area (Å²) in [6.07, 6.45) is 3.61. The van der Waals surface area contributed by atoms with E-state index in [9.17, 15) is 4.79 Å². The Morgan fingerprint density at radius 3 is 2.93 bits per heavy atom. The number of methoxy groups -OCH3 is 1. The van der Waals surface area contributed by atoms with Gasteiger partial charge in [-0.1, -0.05) is 0 Å². The van der Waals surface area contributed by atoms with Crippen molar-refractivity contribution in [2.45, 2.75) is 18.8 Å². The van der Waals surface area contributed by atoms with Crippen molar-refractivity contribution < 1.29 is 9.53 Å². The molecule has 5 nitrogen and oxygen atoms in total. The molecule has 0 unspecified atom stereocenters. The number of nitrogens with zero attached hydrogens (tertiary/aromatic N) is 1. The summed E-state index contributed by atoms with van der Waals surface area (Å²) in [5.74, 6) is 0.0835. The van der Waals surface area contributed by atoms with Crippen LogP contribution < -0.4 is 5.32 Å². The molecule has 1 fully saturated rings. The molecule has 2 rings (SSSR count). The number of rotatable bonds is 2. The SMILES string of the molecule is COC(=O)c1cn[nH]c1C1CCNCC1.